The summed E-state index contributed by atoms with van der Waals surface area (Å²) in [5.41, 5.74) is -0.637. The molecule has 34 heavy (non-hydrogen) atoms. The zero-order valence-corrected chi connectivity index (χ0v) is 18.2. The maximum absolute atomic E-state index is 12.9. The van der Waals surface area contributed by atoms with Crippen LogP contribution in [0.15, 0.2) is 47.3 Å². The van der Waals surface area contributed by atoms with Gasteiger partial charge >= 0.3 is 12.1 Å². The first-order valence-electron chi connectivity index (χ1n) is 10.9. The van der Waals surface area contributed by atoms with Crippen LogP contribution in [0.2, 0.25) is 0 Å². The van der Waals surface area contributed by atoms with Crippen molar-refractivity contribution in [1.29, 1.82) is 0 Å². The first-order valence-corrected chi connectivity index (χ1v) is 10.9. The Hall–Kier alpha value is -3.69. The summed E-state index contributed by atoms with van der Waals surface area (Å²) < 4.78 is 45.1. The zero-order chi connectivity index (χ0) is 24.3. The van der Waals surface area contributed by atoms with Gasteiger partial charge in [0.2, 0.25) is 0 Å². The van der Waals surface area contributed by atoms with E-state index in [2.05, 4.69) is 10.3 Å². The van der Waals surface area contributed by atoms with E-state index in [0.29, 0.717) is 29.7 Å². The van der Waals surface area contributed by atoms with E-state index in [1.54, 1.807) is 4.57 Å². The van der Waals surface area contributed by atoms with Gasteiger partial charge in [-0.3, -0.25) is 14.2 Å². The molecule has 1 N–H and O–H groups in total. The van der Waals surface area contributed by atoms with Gasteiger partial charge in [0, 0.05) is 18.7 Å². The fourth-order valence-electron chi connectivity index (χ4n) is 3.91. The number of anilines is 1. The van der Waals surface area contributed by atoms with Crippen LogP contribution >= 0.6 is 0 Å². The molecule has 0 saturated heterocycles. The number of carbonyl (C=O) groups excluding carboxylic acids is 2. The summed E-state index contributed by atoms with van der Waals surface area (Å²) >= 11 is 0. The van der Waals surface area contributed by atoms with Gasteiger partial charge in [0.1, 0.15) is 5.82 Å². The van der Waals surface area contributed by atoms with Crippen LogP contribution in [0, 0.1) is 0 Å². The second kappa shape index (κ2) is 9.66. The molecule has 2 aromatic carbocycles. The fraction of sp³-hybridized carbons (Fsp3) is 0.333. The van der Waals surface area contributed by atoms with Crippen LogP contribution in [0.4, 0.5) is 18.9 Å². The third-order valence-corrected chi connectivity index (χ3v) is 5.61. The normalized spacial score (nSPS) is 14.1. The number of amides is 1. The molecule has 0 radical (unpaired) electrons. The minimum Gasteiger partial charge on any atom is -0.452 e. The lowest BCUT2D eigenvalue weighted by atomic mass is 10.1. The smallest absolute Gasteiger partial charge is 0.416 e. The molecule has 178 valence electrons. The summed E-state index contributed by atoms with van der Waals surface area (Å²) in [5.74, 6) is -0.913. The van der Waals surface area contributed by atoms with Gasteiger partial charge in [0.25, 0.3) is 11.5 Å². The molecule has 0 atom stereocenters. The summed E-state index contributed by atoms with van der Waals surface area (Å²) in [4.78, 5) is 42.0. The Morgan fingerprint density at radius 3 is 2.65 bits per heavy atom. The molecule has 0 aliphatic carbocycles. The Morgan fingerprint density at radius 2 is 1.85 bits per heavy atom. The van der Waals surface area contributed by atoms with Gasteiger partial charge in [-0.05, 0) is 49.2 Å². The van der Waals surface area contributed by atoms with Gasteiger partial charge in [-0.2, -0.15) is 13.2 Å². The van der Waals surface area contributed by atoms with Crippen molar-refractivity contribution in [1.82, 2.24) is 9.55 Å². The Labute approximate surface area is 192 Å². The molecule has 4 rings (SSSR count). The van der Waals surface area contributed by atoms with Crippen LogP contribution in [0.25, 0.3) is 10.9 Å². The maximum atomic E-state index is 12.9. The lowest BCUT2D eigenvalue weighted by Crippen LogP contribution is -2.26. The largest absolute Gasteiger partial charge is 0.452 e. The molecule has 1 amide bonds. The molecule has 10 heteroatoms. The lowest BCUT2D eigenvalue weighted by Gasteiger charge is -2.16. The van der Waals surface area contributed by atoms with Gasteiger partial charge in [0.05, 0.1) is 22.0 Å². The first-order chi connectivity index (χ1) is 16.2. The number of hydrogen-bond donors (Lipinski definition) is 1. The average Bonchev–Trinajstić information content (AvgIpc) is 2.78. The molecule has 0 fully saturated rings. The van der Waals surface area contributed by atoms with Crippen LogP contribution in [0.3, 0.4) is 0 Å². The summed E-state index contributed by atoms with van der Waals surface area (Å²) in [6.07, 6.45) is 0.111. The van der Waals surface area contributed by atoms with E-state index in [9.17, 15) is 27.6 Å². The molecule has 1 aliphatic rings. The second-order valence-corrected chi connectivity index (χ2v) is 8.08. The third kappa shape index (κ3) is 5.27. The number of ether oxygens (including phenoxy) is 1. The van der Waals surface area contributed by atoms with Crippen molar-refractivity contribution in [3.63, 3.8) is 0 Å². The molecular weight excluding hydrogens is 451 g/mol. The summed E-state index contributed by atoms with van der Waals surface area (Å²) in [6, 6.07) is 8.52. The van der Waals surface area contributed by atoms with Crippen molar-refractivity contribution in [2.45, 2.75) is 44.8 Å². The predicted molar refractivity (Wildman–Crippen MR) is 119 cm³/mol. The predicted octanol–water partition coefficient (Wildman–Crippen LogP) is 4.33. The fourth-order valence-corrected chi connectivity index (χ4v) is 3.91. The average molecular weight is 473 g/mol. The number of esters is 1. The van der Waals surface area contributed by atoms with Crippen molar-refractivity contribution in [2.24, 2.45) is 0 Å². The highest BCUT2D eigenvalue weighted by Gasteiger charge is 2.30. The number of carbonyl (C=O) groups is 2. The quantitative estimate of drug-likeness (QED) is 0.570. The van der Waals surface area contributed by atoms with Crippen LogP contribution in [0.5, 0.6) is 0 Å². The van der Waals surface area contributed by atoms with E-state index in [1.165, 1.54) is 24.3 Å². The maximum Gasteiger partial charge on any atom is 0.416 e. The number of benzene rings is 2. The summed E-state index contributed by atoms with van der Waals surface area (Å²) in [7, 11) is 0. The number of halogens is 3. The Balaban J connectivity index is 1.45. The molecule has 1 aromatic heterocycles. The van der Waals surface area contributed by atoms with Crippen molar-refractivity contribution < 1.29 is 27.5 Å². The molecular formula is C24H22F3N3O4. The van der Waals surface area contributed by atoms with E-state index in [4.69, 9.17) is 4.74 Å². The van der Waals surface area contributed by atoms with Crippen molar-refractivity contribution in [3.8, 4) is 0 Å². The monoisotopic (exact) mass is 473 g/mol. The zero-order valence-electron chi connectivity index (χ0n) is 18.2. The number of nitrogens with zero attached hydrogens (tertiary/aromatic N) is 2. The minimum atomic E-state index is -4.54. The molecule has 3 aromatic rings. The SMILES string of the molecule is O=C(COC(=O)c1ccc2c(=O)n3c(nc2c1)CCCCCC3)Nc1cccc(C(F)(F)F)c1. The second-order valence-electron chi connectivity index (χ2n) is 8.08. The standard InChI is InChI=1S/C24H22F3N3O4/c25-24(26,27)16-6-5-7-17(13-16)28-21(31)14-34-23(33)15-9-10-18-19(12-15)29-20-8-3-1-2-4-11-30(20)22(18)32/h5-7,9-10,12-13H,1-4,8,11,14H2,(H,28,31). The van der Waals surface area contributed by atoms with Crippen LogP contribution in [-0.4, -0.2) is 28.0 Å². The Bertz CT molecular complexity index is 1300. The molecule has 7 nitrogen and oxygen atoms in total. The highest BCUT2D eigenvalue weighted by Crippen LogP contribution is 2.30. The van der Waals surface area contributed by atoms with E-state index in [0.717, 1.165) is 43.9 Å². The van der Waals surface area contributed by atoms with Crippen LogP contribution < -0.4 is 10.9 Å². The number of aryl methyl sites for hydroxylation is 1. The minimum absolute atomic E-state index is 0.0669. The highest BCUT2D eigenvalue weighted by atomic mass is 19.4. The van der Waals surface area contributed by atoms with Gasteiger partial charge in [-0.1, -0.05) is 18.9 Å². The van der Waals surface area contributed by atoms with Crippen molar-refractivity contribution in [2.75, 3.05) is 11.9 Å². The van der Waals surface area contributed by atoms with Gasteiger partial charge in [0.15, 0.2) is 6.61 Å². The number of alkyl halides is 3. The summed E-state index contributed by atoms with van der Waals surface area (Å²) in [5, 5.41) is 2.66. The molecule has 0 bridgehead atoms. The summed E-state index contributed by atoms with van der Waals surface area (Å²) in [6.45, 7) is -0.0741. The number of rotatable bonds is 4. The third-order valence-electron chi connectivity index (χ3n) is 5.61. The molecule has 0 saturated carbocycles. The number of aromatic nitrogens is 2. The molecule has 0 unspecified atom stereocenters. The molecule has 2 heterocycles. The van der Waals surface area contributed by atoms with Gasteiger partial charge < -0.3 is 10.1 Å². The van der Waals surface area contributed by atoms with Crippen LogP contribution in [-0.2, 0) is 28.7 Å². The van der Waals surface area contributed by atoms with E-state index in [1.807, 2.05) is 0 Å². The highest BCUT2D eigenvalue weighted by molar-refractivity contribution is 5.97. The number of fused-ring (bicyclic) bond motifs is 2. The van der Waals surface area contributed by atoms with E-state index < -0.39 is 30.2 Å². The van der Waals surface area contributed by atoms with Crippen molar-refractivity contribution in [3.05, 3.63) is 69.8 Å². The first kappa shape index (κ1) is 23.5. The molecule has 0 spiro atoms. The number of nitrogens with one attached hydrogen (secondary N) is 1. The Kier molecular flexibility index (Phi) is 6.67. The van der Waals surface area contributed by atoms with Gasteiger partial charge in [-0.25, -0.2) is 9.78 Å². The Morgan fingerprint density at radius 1 is 1.06 bits per heavy atom. The van der Waals surface area contributed by atoms with E-state index >= 15 is 0 Å². The molecule has 1 aliphatic heterocycles. The van der Waals surface area contributed by atoms with Gasteiger partial charge in [-0.15, -0.1) is 0 Å². The van der Waals surface area contributed by atoms with E-state index in [-0.39, 0.29) is 16.8 Å². The van der Waals surface area contributed by atoms with Crippen LogP contribution in [0.1, 0.15) is 47.4 Å². The lowest BCUT2D eigenvalue weighted by molar-refractivity contribution is -0.137. The topological polar surface area (TPSA) is 90.3 Å². The number of hydrogen-bond acceptors (Lipinski definition) is 5. The van der Waals surface area contributed by atoms with Crippen molar-refractivity contribution >= 4 is 28.5 Å².